The number of hydrogen-bond acceptors (Lipinski definition) is 2. The highest BCUT2D eigenvalue weighted by Crippen LogP contribution is 2.26. The molecule has 78 valence electrons. The molecule has 0 heterocycles. The van der Waals surface area contributed by atoms with Crippen LogP contribution < -0.4 is 0 Å². The van der Waals surface area contributed by atoms with E-state index in [0.29, 0.717) is 11.4 Å². The fourth-order valence-electron chi connectivity index (χ4n) is 0.973. The Hall–Kier alpha value is 0.230. The summed E-state index contributed by atoms with van der Waals surface area (Å²) < 4.78 is 22.2. The number of aryl methyl sites for hydroxylation is 1. The fraction of sp³-hybridized carbons (Fsp3) is 0.250. The normalized spacial score (nSPS) is 11.6. The van der Waals surface area contributed by atoms with Crippen molar-refractivity contribution < 1.29 is 8.42 Å². The molecule has 0 spiro atoms. The van der Waals surface area contributed by atoms with Gasteiger partial charge in [0.1, 0.15) is 0 Å². The van der Waals surface area contributed by atoms with Crippen molar-refractivity contribution in [2.45, 2.75) is 6.42 Å². The van der Waals surface area contributed by atoms with E-state index < -0.39 is 9.05 Å². The number of hydrogen-bond donors (Lipinski definition) is 0. The average molecular weight is 318 g/mol. The van der Waals surface area contributed by atoms with Crippen LogP contribution in [0.4, 0.5) is 0 Å². The highest BCUT2D eigenvalue weighted by atomic mass is 79.9. The molecule has 0 radical (unpaired) electrons. The molecule has 1 rings (SSSR count). The van der Waals surface area contributed by atoms with Crippen molar-refractivity contribution in [3.8, 4) is 0 Å². The molecule has 0 saturated carbocycles. The molecule has 0 aliphatic carbocycles. The molecule has 0 atom stereocenters. The molecular weight excluding hydrogens is 311 g/mol. The Balaban J connectivity index is 2.83. The lowest BCUT2D eigenvalue weighted by molar-refractivity contribution is 0.609. The van der Waals surface area contributed by atoms with Crippen LogP contribution >= 0.6 is 38.2 Å². The van der Waals surface area contributed by atoms with Crippen LogP contribution in [0.3, 0.4) is 0 Å². The maximum Gasteiger partial charge on any atom is 0.232 e. The summed E-state index contributed by atoms with van der Waals surface area (Å²) in [6.07, 6.45) is 0.324. The average Bonchev–Trinajstić information content (AvgIpc) is 2.06. The summed E-state index contributed by atoms with van der Waals surface area (Å²) in [6, 6.07) is 5.36. The third-order valence-corrected chi connectivity index (χ3v) is 4.14. The van der Waals surface area contributed by atoms with Crippen LogP contribution in [0.25, 0.3) is 0 Å². The van der Waals surface area contributed by atoms with Gasteiger partial charge in [-0.05, 0) is 34.0 Å². The molecule has 0 aliphatic rings. The number of rotatable bonds is 3. The van der Waals surface area contributed by atoms with Gasteiger partial charge in [0.05, 0.1) is 10.8 Å². The van der Waals surface area contributed by atoms with Crippen LogP contribution in [0, 0.1) is 0 Å². The molecule has 1 aromatic rings. The first kappa shape index (κ1) is 12.3. The van der Waals surface area contributed by atoms with Crippen LogP contribution in [-0.2, 0) is 15.5 Å². The van der Waals surface area contributed by atoms with Crippen molar-refractivity contribution in [3.05, 3.63) is 33.3 Å². The Morgan fingerprint density at radius 1 is 1.36 bits per heavy atom. The Bertz CT molecular complexity index is 431. The van der Waals surface area contributed by atoms with Gasteiger partial charge in [-0.3, -0.25) is 0 Å². The van der Waals surface area contributed by atoms with Gasteiger partial charge in [-0.2, -0.15) is 0 Å². The largest absolute Gasteiger partial charge is 0.232 e. The Kier molecular flexibility index (Phi) is 4.25. The topological polar surface area (TPSA) is 34.1 Å². The van der Waals surface area contributed by atoms with E-state index in [-0.39, 0.29) is 5.75 Å². The van der Waals surface area contributed by atoms with Gasteiger partial charge >= 0.3 is 0 Å². The standard InChI is InChI=1S/C8H7BrCl2O2S/c9-7-3-1-2-6(8(7)10)4-5-14(11,12)13/h1-3H,4-5H2. The van der Waals surface area contributed by atoms with Crippen molar-refractivity contribution >= 4 is 47.3 Å². The van der Waals surface area contributed by atoms with E-state index in [9.17, 15) is 8.42 Å². The smallest absolute Gasteiger partial charge is 0.212 e. The SMILES string of the molecule is O=S(=O)(Cl)CCc1cccc(Br)c1Cl. The predicted octanol–water partition coefficient (Wildman–Crippen LogP) is 3.21. The zero-order valence-electron chi connectivity index (χ0n) is 7.00. The second kappa shape index (κ2) is 4.84. The highest BCUT2D eigenvalue weighted by Gasteiger charge is 2.09. The minimum Gasteiger partial charge on any atom is -0.212 e. The van der Waals surface area contributed by atoms with Crippen molar-refractivity contribution in [2.24, 2.45) is 0 Å². The first-order valence-corrected chi connectivity index (χ1v) is 7.40. The number of benzene rings is 1. The first-order chi connectivity index (χ1) is 6.40. The molecule has 6 heteroatoms. The van der Waals surface area contributed by atoms with Crippen molar-refractivity contribution in [2.75, 3.05) is 5.75 Å². The van der Waals surface area contributed by atoms with Gasteiger partial charge in [0.2, 0.25) is 9.05 Å². The van der Waals surface area contributed by atoms with E-state index in [1.807, 2.05) is 0 Å². The summed E-state index contributed by atoms with van der Waals surface area (Å²) in [5.41, 5.74) is 0.769. The molecule has 2 nitrogen and oxygen atoms in total. The molecule has 0 saturated heterocycles. The predicted molar refractivity (Wildman–Crippen MR) is 62.5 cm³/mol. The second-order valence-electron chi connectivity index (χ2n) is 2.71. The Morgan fingerprint density at radius 2 is 2.00 bits per heavy atom. The summed E-state index contributed by atoms with van der Waals surface area (Å²) in [5, 5.41) is 0.535. The third-order valence-electron chi connectivity index (χ3n) is 1.65. The zero-order valence-corrected chi connectivity index (χ0v) is 10.9. The fourth-order valence-corrected chi connectivity index (χ4v) is 2.30. The molecule has 0 fully saturated rings. The zero-order chi connectivity index (χ0) is 10.8. The monoisotopic (exact) mass is 316 g/mol. The Labute approximate surface area is 101 Å². The summed E-state index contributed by atoms with van der Waals surface area (Å²) in [4.78, 5) is 0. The van der Waals surface area contributed by atoms with Gasteiger partial charge < -0.3 is 0 Å². The van der Waals surface area contributed by atoms with E-state index in [1.54, 1.807) is 18.2 Å². The van der Waals surface area contributed by atoms with Gasteiger partial charge in [0.25, 0.3) is 0 Å². The lowest BCUT2D eigenvalue weighted by atomic mass is 10.2. The molecule has 0 amide bonds. The molecular formula is C8H7BrCl2O2S. The van der Waals surface area contributed by atoms with Crippen LogP contribution in [0.1, 0.15) is 5.56 Å². The summed E-state index contributed by atoms with van der Waals surface area (Å²) >= 11 is 9.19. The van der Waals surface area contributed by atoms with Gasteiger partial charge in [-0.1, -0.05) is 23.7 Å². The Morgan fingerprint density at radius 3 is 2.57 bits per heavy atom. The number of halogens is 3. The third kappa shape index (κ3) is 3.77. The summed E-state index contributed by atoms with van der Waals surface area (Å²) in [7, 11) is 1.64. The molecule has 0 aliphatic heterocycles. The maximum absolute atomic E-state index is 10.7. The quantitative estimate of drug-likeness (QED) is 0.802. The van der Waals surface area contributed by atoms with E-state index >= 15 is 0 Å². The van der Waals surface area contributed by atoms with E-state index in [1.165, 1.54) is 0 Å². The molecule has 0 aromatic heterocycles. The summed E-state index contributed by atoms with van der Waals surface area (Å²) in [5.74, 6) is -0.106. The summed E-state index contributed by atoms with van der Waals surface area (Å²) in [6.45, 7) is 0. The lowest BCUT2D eigenvalue weighted by Gasteiger charge is -2.03. The van der Waals surface area contributed by atoms with E-state index in [2.05, 4.69) is 15.9 Å². The first-order valence-electron chi connectivity index (χ1n) is 3.75. The molecule has 1 aromatic carbocycles. The highest BCUT2D eigenvalue weighted by molar-refractivity contribution is 9.10. The van der Waals surface area contributed by atoms with Gasteiger partial charge in [0, 0.05) is 15.2 Å². The molecule has 0 bridgehead atoms. The van der Waals surface area contributed by atoms with Crippen molar-refractivity contribution in [1.82, 2.24) is 0 Å². The van der Waals surface area contributed by atoms with Crippen molar-refractivity contribution in [1.29, 1.82) is 0 Å². The van der Waals surface area contributed by atoms with Gasteiger partial charge in [-0.25, -0.2) is 8.42 Å². The lowest BCUT2D eigenvalue weighted by Crippen LogP contribution is -2.01. The minimum absolute atomic E-state index is 0.106. The van der Waals surface area contributed by atoms with Gasteiger partial charge in [0.15, 0.2) is 0 Å². The van der Waals surface area contributed by atoms with E-state index in [4.69, 9.17) is 22.3 Å². The molecule has 0 N–H and O–H groups in total. The minimum atomic E-state index is -3.45. The van der Waals surface area contributed by atoms with Crippen LogP contribution in [-0.4, -0.2) is 14.2 Å². The molecule has 0 unspecified atom stereocenters. The van der Waals surface area contributed by atoms with Crippen molar-refractivity contribution in [3.63, 3.8) is 0 Å². The van der Waals surface area contributed by atoms with Gasteiger partial charge in [-0.15, -0.1) is 0 Å². The maximum atomic E-state index is 10.7. The second-order valence-corrected chi connectivity index (χ2v) is 6.83. The van der Waals surface area contributed by atoms with Crippen LogP contribution in [0.2, 0.25) is 5.02 Å². The van der Waals surface area contributed by atoms with Crippen LogP contribution in [0.5, 0.6) is 0 Å². The van der Waals surface area contributed by atoms with E-state index in [0.717, 1.165) is 10.0 Å². The van der Waals surface area contributed by atoms with Crippen LogP contribution in [0.15, 0.2) is 22.7 Å². The molecule has 14 heavy (non-hydrogen) atoms.